The summed E-state index contributed by atoms with van der Waals surface area (Å²) in [6.45, 7) is 9.51. The van der Waals surface area contributed by atoms with Gasteiger partial charge in [0.1, 0.15) is 5.82 Å². The highest BCUT2D eigenvalue weighted by Gasteiger charge is 2.07. The number of fused-ring (bicyclic) bond motifs is 1. The second-order valence-electron chi connectivity index (χ2n) is 7.04. The number of hydrogen-bond acceptors (Lipinski definition) is 4. The molecule has 0 saturated carbocycles. The van der Waals surface area contributed by atoms with Gasteiger partial charge in [-0.3, -0.25) is 4.99 Å². The Kier molecular flexibility index (Phi) is 8.58. The van der Waals surface area contributed by atoms with Crippen molar-refractivity contribution in [2.45, 2.75) is 33.6 Å². The molecule has 2 aromatic carbocycles. The third-order valence-electron chi connectivity index (χ3n) is 4.72. The standard InChI is InChI=1S/C24H33N5O2/c1-4-25-24(27-16-14-23-28-19-9-7-8-10-20(19)29-23)26-15-13-18-11-12-21(30-5-2)22(17-18)31-6-3/h7-12,17H,4-6,13-16H2,1-3H3,(H,28,29)(H2,25,26,27). The van der Waals surface area contributed by atoms with Gasteiger partial charge in [-0.2, -0.15) is 0 Å². The van der Waals surface area contributed by atoms with E-state index in [9.17, 15) is 0 Å². The van der Waals surface area contributed by atoms with Crippen LogP contribution in [0, 0.1) is 0 Å². The van der Waals surface area contributed by atoms with E-state index in [0.717, 1.165) is 60.2 Å². The van der Waals surface area contributed by atoms with Crippen LogP contribution < -0.4 is 20.1 Å². The molecule has 7 heteroatoms. The zero-order valence-corrected chi connectivity index (χ0v) is 18.7. The van der Waals surface area contributed by atoms with Crippen LogP contribution in [0.15, 0.2) is 47.5 Å². The van der Waals surface area contributed by atoms with Gasteiger partial charge in [0.05, 0.1) is 24.2 Å². The van der Waals surface area contributed by atoms with Gasteiger partial charge < -0.3 is 25.1 Å². The first-order valence-electron chi connectivity index (χ1n) is 11.1. The molecule has 1 aromatic heterocycles. The van der Waals surface area contributed by atoms with Crippen molar-refractivity contribution < 1.29 is 9.47 Å². The lowest BCUT2D eigenvalue weighted by atomic mass is 10.1. The molecule has 0 atom stereocenters. The minimum atomic E-state index is 0.615. The molecule has 3 rings (SSSR count). The quantitative estimate of drug-likeness (QED) is 0.324. The minimum absolute atomic E-state index is 0.615. The largest absolute Gasteiger partial charge is 0.490 e. The van der Waals surface area contributed by atoms with Crippen molar-refractivity contribution in [3.8, 4) is 11.5 Å². The molecule has 3 N–H and O–H groups in total. The van der Waals surface area contributed by atoms with Gasteiger partial charge in [-0.1, -0.05) is 18.2 Å². The van der Waals surface area contributed by atoms with Crippen LogP contribution in [0.3, 0.4) is 0 Å². The maximum absolute atomic E-state index is 5.72. The summed E-state index contributed by atoms with van der Waals surface area (Å²) in [6.07, 6.45) is 1.63. The zero-order valence-electron chi connectivity index (χ0n) is 18.7. The lowest BCUT2D eigenvalue weighted by Gasteiger charge is -2.14. The van der Waals surface area contributed by atoms with Crippen molar-refractivity contribution in [2.75, 3.05) is 32.8 Å². The highest BCUT2D eigenvalue weighted by molar-refractivity contribution is 5.79. The maximum atomic E-state index is 5.72. The molecule has 0 radical (unpaired) electrons. The highest BCUT2D eigenvalue weighted by atomic mass is 16.5. The number of aromatic nitrogens is 2. The topological polar surface area (TPSA) is 83.6 Å². The minimum Gasteiger partial charge on any atom is -0.490 e. The number of H-pyrrole nitrogens is 1. The summed E-state index contributed by atoms with van der Waals surface area (Å²) in [7, 11) is 0. The van der Waals surface area contributed by atoms with Crippen LogP contribution in [0.4, 0.5) is 0 Å². The summed E-state index contributed by atoms with van der Waals surface area (Å²) < 4.78 is 11.4. The Morgan fingerprint density at radius 2 is 1.77 bits per heavy atom. The van der Waals surface area contributed by atoms with Gasteiger partial charge >= 0.3 is 0 Å². The van der Waals surface area contributed by atoms with Crippen LogP contribution in [0.2, 0.25) is 0 Å². The first-order valence-corrected chi connectivity index (χ1v) is 11.1. The normalized spacial score (nSPS) is 11.5. The van der Waals surface area contributed by atoms with E-state index in [-0.39, 0.29) is 0 Å². The average Bonchev–Trinajstić information content (AvgIpc) is 3.18. The summed E-state index contributed by atoms with van der Waals surface area (Å²) in [4.78, 5) is 12.7. The summed E-state index contributed by atoms with van der Waals surface area (Å²) >= 11 is 0. The van der Waals surface area contributed by atoms with Crippen LogP contribution in [0.5, 0.6) is 11.5 Å². The van der Waals surface area contributed by atoms with Crippen molar-refractivity contribution in [2.24, 2.45) is 4.99 Å². The number of ether oxygens (including phenoxy) is 2. The summed E-state index contributed by atoms with van der Waals surface area (Å²) in [5.41, 5.74) is 3.25. The molecule has 0 aliphatic carbocycles. The van der Waals surface area contributed by atoms with Gasteiger partial charge in [0.15, 0.2) is 17.5 Å². The van der Waals surface area contributed by atoms with Gasteiger partial charge in [0.25, 0.3) is 0 Å². The number of para-hydroxylation sites is 2. The van der Waals surface area contributed by atoms with E-state index >= 15 is 0 Å². The second kappa shape index (κ2) is 11.8. The Balaban J connectivity index is 1.53. The first kappa shape index (κ1) is 22.5. The predicted molar refractivity (Wildman–Crippen MR) is 126 cm³/mol. The average molecular weight is 424 g/mol. The molecular formula is C24H33N5O2. The molecule has 7 nitrogen and oxygen atoms in total. The third-order valence-corrected chi connectivity index (χ3v) is 4.72. The fourth-order valence-electron chi connectivity index (χ4n) is 3.32. The fourth-order valence-corrected chi connectivity index (χ4v) is 3.32. The predicted octanol–water partition coefficient (Wildman–Crippen LogP) is 3.70. The van der Waals surface area contributed by atoms with E-state index in [2.05, 4.69) is 44.7 Å². The number of nitrogens with zero attached hydrogens (tertiary/aromatic N) is 2. The van der Waals surface area contributed by atoms with E-state index in [4.69, 9.17) is 9.47 Å². The van der Waals surface area contributed by atoms with Gasteiger partial charge in [-0.15, -0.1) is 0 Å². The van der Waals surface area contributed by atoms with E-state index < -0.39 is 0 Å². The monoisotopic (exact) mass is 423 g/mol. The van der Waals surface area contributed by atoms with Crippen LogP contribution in [0.25, 0.3) is 11.0 Å². The molecule has 0 unspecified atom stereocenters. The maximum Gasteiger partial charge on any atom is 0.191 e. The Morgan fingerprint density at radius 3 is 2.55 bits per heavy atom. The first-order chi connectivity index (χ1) is 15.2. The summed E-state index contributed by atoms with van der Waals surface area (Å²) in [6, 6.07) is 14.2. The molecule has 0 aliphatic rings. The number of benzene rings is 2. The Hall–Kier alpha value is -3.22. The lowest BCUT2D eigenvalue weighted by Crippen LogP contribution is -2.38. The number of imidazole rings is 1. The Labute approximate surface area is 184 Å². The number of rotatable bonds is 11. The van der Waals surface area contributed by atoms with Crippen LogP contribution in [0.1, 0.15) is 32.2 Å². The van der Waals surface area contributed by atoms with Crippen LogP contribution in [-0.2, 0) is 12.8 Å². The lowest BCUT2D eigenvalue weighted by molar-refractivity contribution is 0.287. The van der Waals surface area contributed by atoms with Crippen molar-refractivity contribution in [1.82, 2.24) is 20.6 Å². The molecule has 0 bridgehead atoms. The SMILES string of the molecule is CCNC(=NCCc1nc2ccccc2[nH]1)NCCc1ccc(OCC)c(OCC)c1. The van der Waals surface area contributed by atoms with Crippen LogP contribution in [-0.4, -0.2) is 48.8 Å². The smallest absolute Gasteiger partial charge is 0.191 e. The molecule has 3 aromatic rings. The molecule has 1 heterocycles. The van der Waals surface area contributed by atoms with E-state index in [1.54, 1.807) is 0 Å². The zero-order chi connectivity index (χ0) is 21.9. The number of guanidine groups is 1. The van der Waals surface area contributed by atoms with Gasteiger partial charge in [-0.05, 0) is 57.0 Å². The summed E-state index contributed by atoms with van der Waals surface area (Å²) in [5.74, 6) is 3.36. The van der Waals surface area contributed by atoms with Gasteiger partial charge in [0.2, 0.25) is 0 Å². The van der Waals surface area contributed by atoms with E-state index in [0.29, 0.717) is 19.8 Å². The number of aliphatic imine (C=N–C) groups is 1. The van der Waals surface area contributed by atoms with Crippen molar-refractivity contribution in [3.05, 3.63) is 53.9 Å². The molecule has 0 spiro atoms. The van der Waals surface area contributed by atoms with Crippen molar-refractivity contribution in [3.63, 3.8) is 0 Å². The molecule has 0 amide bonds. The molecule has 31 heavy (non-hydrogen) atoms. The van der Waals surface area contributed by atoms with Crippen molar-refractivity contribution in [1.29, 1.82) is 0 Å². The second-order valence-corrected chi connectivity index (χ2v) is 7.04. The van der Waals surface area contributed by atoms with Crippen molar-refractivity contribution >= 4 is 17.0 Å². The van der Waals surface area contributed by atoms with E-state index in [1.165, 1.54) is 5.56 Å². The molecule has 166 valence electrons. The van der Waals surface area contributed by atoms with E-state index in [1.807, 2.05) is 44.2 Å². The third kappa shape index (κ3) is 6.64. The molecular weight excluding hydrogens is 390 g/mol. The Bertz CT molecular complexity index is 950. The Morgan fingerprint density at radius 1 is 0.968 bits per heavy atom. The van der Waals surface area contributed by atoms with Gasteiger partial charge in [0, 0.05) is 26.1 Å². The van der Waals surface area contributed by atoms with Crippen LogP contribution >= 0.6 is 0 Å². The fraction of sp³-hybridized carbons (Fsp3) is 0.417. The number of aromatic amines is 1. The molecule has 0 saturated heterocycles. The highest BCUT2D eigenvalue weighted by Crippen LogP contribution is 2.28. The van der Waals surface area contributed by atoms with Gasteiger partial charge in [-0.25, -0.2) is 4.98 Å². The number of hydrogen-bond donors (Lipinski definition) is 3. The molecule has 0 aliphatic heterocycles. The summed E-state index contributed by atoms with van der Waals surface area (Å²) in [5, 5.41) is 6.71. The molecule has 0 fully saturated rings. The number of nitrogens with one attached hydrogen (secondary N) is 3.